The van der Waals surface area contributed by atoms with Crippen molar-refractivity contribution in [3.8, 4) is 0 Å². The van der Waals surface area contributed by atoms with Crippen LogP contribution in [0.4, 0.5) is 11.4 Å². The number of nitrogens with two attached hydrogens (primary N) is 1. The number of carbonyl (C=O) groups is 1. The van der Waals surface area contributed by atoms with Crippen LogP contribution in [0.2, 0.25) is 0 Å². The Kier molecular flexibility index (Phi) is 3.33. The molecule has 0 bridgehead atoms. The van der Waals surface area contributed by atoms with Crippen molar-refractivity contribution < 1.29 is 4.79 Å². The molecule has 0 radical (unpaired) electrons. The van der Waals surface area contributed by atoms with E-state index >= 15 is 0 Å². The summed E-state index contributed by atoms with van der Waals surface area (Å²) in [5.74, 6) is 0.627. The van der Waals surface area contributed by atoms with E-state index in [4.69, 9.17) is 17.3 Å². The number of hydrogen-bond acceptors (Lipinski definition) is 2. The topological polar surface area (TPSA) is 58.7 Å². The van der Waals surface area contributed by atoms with E-state index in [1.807, 2.05) is 18.2 Å². The summed E-state index contributed by atoms with van der Waals surface area (Å²) in [6.07, 6.45) is 0.893. The lowest BCUT2D eigenvalue weighted by Crippen LogP contribution is -2.25. The Morgan fingerprint density at radius 3 is 3.00 bits per heavy atom. The quantitative estimate of drug-likeness (QED) is 0.495. The molecule has 0 spiro atoms. The largest absolute Gasteiger partial charge is 0.386 e. The van der Waals surface area contributed by atoms with Gasteiger partial charge in [0.2, 0.25) is 5.91 Å². The summed E-state index contributed by atoms with van der Waals surface area (Å²) in [5.41, 5.74) is 8.42. The minimum Gasteiger partial charge on any atom is -0.386 e. The summed E-state index contributed by atoms with van der Waals surface area (Å²) in [6.45, 7) is 2.31. The Morgan fingerprint density at radius 2 is 2.35 bits per heavy atom. The molecule has 2 N–H and O–H groups in total. The molecule has 0 unspecified atom stereocenters. The third kappa shape index (κ3) is 2.42. The predicted molar refractivity (Wildman–Crippen MR) is 70.2 cm³/mol. The molecule has 4 nitrogen and oxygen atoms in total. The van der Waals surface area contributed by atoms with Crippen molar-refractivity contribution in [3.63, 3.8) is 0 Å². The highest BCUT2D eigenvalue weighted by Gasteiger charge is 2.22. The Balaban J connectivity index is 2.36. The lowest BCUT2D eigenvalue weighted by atomic mass is 10.1. The number of aliphatic imine (C=N–C) groups is 1. The van der Waals surface area contributed by atoms with Crippen LogP contribution in [0.15, 0.2) is 23.2 Å². The van der Waals surface area contributed by atoms with Gasteiger partial charge in [-0.1, -0.05) is 6.07 Å². The number of nitrogens with zero attached hydrogens (tertiary/aromatic N) is 2. The lowest BCUT2D eigenvalue weighted by molar-refractivity contribution is -0.116. The first-order chi connectivity index (χ1) is 8.11. The molecule has 5 heteroatoms. The highest BCUT2D eigenvalue weighted by molar-refractivity contribution is 6.28. The monoisotopic (exact) mass is 251 g/mol. The van der Waals surface area contributed by atoms with E-state index in [-0.39, 0.29) is 11.8 Å². The van der Waals surface area contributed by atoms with E-state index in [0.29, 0.717) is 5.84 Å². The van der Waals surface area contributed by atoms with E-state index < -0.39 is 0 Å². The van der Waals surface area contributed by atoms with E-state index in [2.05, 4.69) is 4.99 Å². The zero-order valence-corrected chi connectivity index (χ0v) is 10.4. The molecule has 0 saturated heterocycles. The molecule has 17 heavy (non-hydrogen) atoms. The molecule has 1 aliphatic rings. The van der Waals surface area contributed by atoms with Gasteiger partial charge in [-0.15, -0.1) is 11.6 Å². The molecular weight excluding hydrogens is 238 g/mol. The second-order valence-corrected chi connectivity index (χ2v) is 4.24. The van der Waals surface area contributed by atoms with Crippen LogP contribution in [0.5, 0.6) is 0 Å². The fraction of sp³-hybridized carbons (Fsp3) is 0.333. The van der Waals surface area contributed by atoms with Gasteiger partial charge in [0.05, 0.1) is 11.6 Å². The summed E-state index contributed by atoms with van der Waals surface area (Å²) in [7, 11) is 0. The average Bonchev–Trinajstić information content (AvgIpc) is 2.71. The van der Waals surface area contributed by atoms with E-state index in [1.165, 1.54) is 5.56 Å². The van der Waals surface area contributed by atoms with Crippen LogP contribution in [0, 0.1) is 0 Å². The number of amidine groups is 1. The summed E-state index contributed by atoms with van der Waals surface area (Å²) in [4.78, 5) is 17.4. The van der Waals surface area contributed by atoms with E-state index in [0.717, 1.165) is 24.3 Å². The Labute approximate surface area is 105 Å². The van der Waals surface area contributed by atoms with Crippen molar-refractivity contribution in [2.75, 3.05) is 17.3 Å². The molecular formula is C12H14ClN3O. The molecule has 1 aromatic carbocycles. The smallest absolute Gasteiger partial charge is 0.223 e. The third-order valence-corrected chi connectivity index (χ3v) is 3.03. The van der Waals surface area contributed by atoms with Crippen LogP contribution in [0.25, 0.3) is 0 Å². The zero-order valence-electron chi connectivity index (χ0n) is 9.61. The normalized spacial score (nSPS) is 14.9. The van der Waals surface area contributed by atoms with Crippen molar-refractivity contribution in [2.45, 2.75) is 13.3 Å². The summed E-state index contributed by atoms with van der Waals surface area (Å²) in [5, 5.41) is 0. The summed E-state index contributed by atoms with van der Waals surface area (Å²) < 4.78 is 0. The van der Waals surface area contributed by atoms with Crippen LogP contribution in [-0.4, -0.2) is 24.2 Å². The highest BCUT2D eigenvalue weighted by Crippen LogP contribution is 2.31. The number of hydrogen-bond donors (Lipinski definition) is 1. The maximum Gasteiger partial charge on any atom is 0.223 e. The number of halogens is 1. The summed E-state index contributed by atoms with van der Waals surface area (Å²) >= 11 is 5.58. The minimum absolute atomic E-state index is 0.0511. The Morgan fingerprint density at radius 1 is 1.59 bits per heavy atom. The molecule has 0 saturated carbocycles. The van der Waals surface area contributed by atoms with Gasteiger partial charge in [0, 0.05) is 19.2 Å². The number of fused-ring (bicyclic) bond motifs is 1. The second-order valence-electron chi connectivity index (χ2n) is 3.97. The van der Waals surface area contributed by atoms with Gasteiger partial charge in [0.1, 0.15) is 5.84 Å². The van der Waals surface area contributed by atoms with Crippen molar-refractivity contribution in [2.24, 2.45) is 10.7 Å². The molecule has 1 heterocycles. The molecule has 0 aromatic heterocycles. The Bertz CT molecular complexity index is 485. The van der Waals surface area contributed by atoms with Gasteiger partial charge >= 0.3 is 0 Å². The fourth-order valence-electron chi connectivity index (χ4n) is 1.96. The van der Waals surface area contributed by atoms with Crippen LogP contribution in [-0.2, 0) is 11.2 Å². The van der Waals surface area contributed by atoms with Gasteiger partial charge in [-0.25, -0.2) is 4.99 Å². The highest BCUT2D eigenvalue weighted by atomic mass is 35.5. The molecule has 90 valence electrons. The number of rotatable bonds is 2. The van der Waals surface area contributed by atoms with Crippen LogP contribution in [0.1, 0.15) is 12.5 Å². The van der Waals surface area contributed by atoms with Gasteiger partial charge in [-0.05, 0) is 24.1 Å². The first-order valence-corrected chi connectivity index (χ1v) is 5.95. The first kappa shape index (κ1) is 11.9. The van der Waals surface area contributed by atoms with Crippen molar-refractivity contribution in [1.82, 2.24) is 0 Å². The van der Waals surface area contributed by atoms with E-state index in [9.17, 15) is 4.79 Å². The van der Waals surface area contributed by atoms with Gasteiger partial charge in [-0.3, -0.25) is 4.79 Å². The third-order valence-electron chi connectivity index (χ3n) is 2.75. The molecule has 0 fully saturated rings. The molecule has 0 aliphatic carbocycles. The predicted octanol–water partition coefficient (Wildman–Crippen LogP) is 1.82. The van der Waals surface area contributed by atoms with Gasteiger partial charge in [-0.2, -0.15) is 0 Å². The maximum atomic E-state index is 11.4. The first-order valence-electron chi connectivity index (χ1n) is 5.42. The van der Waals surface area contributed by atoms with Gasteiger partial charge < -0.3 is 10.6 Å². The molecule has 0 atom stereocenters. The fourth-order valence-corrected chi connectivity index (χ4v) is 2.02. The van der Waals surface area contributed by atoms with Gasteiger partial charge in [0.15, 0.2) is 0 Å². The molecule has 1 aliphatic heterocycles. The van der Waals surface area contributed by atoms with Crippen LogP contribution < -0.4 is 10.6 Å². The lowest BCUT2D eigenvalue weighted by Gasteiger charge is -2.14. The number of carbonyl (C=O) groups excluding carboxylic acids is 1. The second kappa shape index (κ2) is 4.75. The number of amides is 1. The Hall–Kier alpha value is -1.55. The number of anilines is 1. The number of alkyl halides is 1. The minimum atomic E-state index is 0.0511. The number of benzene rings is 1. The van der Waals surface area contributed by atoms with E-state index in [1.54, 1.807) is 11.8 Å². The standard InChI is InChI=1S/C12H14ClN3O/c1-8(17)16-5-4-9-2-3-10(6-11(9)16)15-12(14)7-13/h2-3,6H,4-5,7H2,1H3,(H2,14,15). The SMILES string of the molecule is CC(=O)N1CCc2ccc(N=C(N)CCl)cc21. The van der Waals surface area contributed by atoms with Crippen LogP contribution >= 0.6 is 11.6 Å². The molecule has 1 aromatic rings. The van der Waals surface area contributed by atoms with Crippen LogP contribution in [0.3, 0.4) is 0 Å². The molecule has 1 amide bonds. The maximum absolute atomic E-state index is 11.4. The van der Waals surface area contributed by atoms with Crippen molar-refractivity contribution >= 4 is 34.7 Å². The van der Waals surface area contributed by atoms with Crippen molar-refractivity contribution in [3.05, 3.63) is 23.8 Å². The summed E-state index contributed by atoms with van der Waals surface area (Å²) in [6, 6.07) is 5.75. The van der Waals surface area contributed by atoms with Gasteiger partial charge in [0.25, 0.3) is 0 Å². The zero-order chi connectivity index (χ0) is 12.4. The van der Waals surface area contributed by atoms with Crippen molar-refractivity contribution in [1.29, 1.82) is 0 Å². The molecule has 2 rings (SSSR count). The average molecular weight is 252 g/mol.